The zero-order chi connectivity index (χ0) is 9.90. The topological polar surface area (TPSA) is 32.3 Å². The lowest BCUT2D eigenvalue weighted by Crippen LogP contribution is -2.32. The van der Waals surface area contributed by atoms with Crippen LogP contribution in [0, 0.1) is 5.41 Å². The maximum atomic E-state index is 10.0. The van der Waals surface area contributed by atoms with Crippen LogP contribution in [0.1, 0.15) is 24.8 Å². The lowest BCUT2D eigenvalue weighted by molar-refractivity contribution is 0.0536. The molecule has 3 heteroatoms. The molecule has 1 aromatic heterocycles. The molecule has 0 aliphatic rings. The summed E-state index contributed by atoms with van der Waals surface area (Å²) in [6.07, 6.45) is -0.375. The Hall–Kier alpha value is -0.380. The molecule has 0 bridgehead atoms. The van der Waals surface area contributed by atoms with Gasteiger partial charge in [0.15, 0.2) is 0 Å². The van der Waals surface area contributed by atoms with Crippen molar-refractivity contribution in [3.05, 3.63) is 22.4 Å². The molecule has 1 heterocycles. The molecular weight excluding hydrogens is 182 g/mol. The van der Waals surface area contributed by atoms with Crippen molar-refractivity contribution in [3.63, 3.8) is 0 Å². The second-order valence-electron chi connectivity index (χ2n) is 3.94. The summed E-state index contributed by atoms with van der Waals surface area (Å²) in [6.45, 7) is 4.94. The molecule has 1 rings (SSSR count). The van der Waals surface area contributed by atoms with Crippen molar-refractivity contribution in [2.45, 2.75) is 20.0 Å². The summed E-state index contributed by atoms with van der Waals surface area (Å²) in [7, 11) is 1.91. The maximum Gasteiger partial charge on any atom is 0.0944 e. The van der Waals surface area contributed by atoms with Gasteiger partial charge in [-0.15, -0.1) is 11.3 Å². The summed E-state index contributed by atoms with van der Waals surface area (Å²) in [5, 5.41) is 15.1. The highest BCUT2D eigenvalue weighted by molar-refractivity contribution is 7.10. The molecule has 2 N–H and O–H groups in total. The van der Waals surface area contributed by atoms with Crippen LogP contribution in [-0.2, 0) is 0 Å². The number of aliphatic hydroxyl groups is 1. The van der Waals surface area contributed by atoms with E-state index >= 15 is 0 Å². The van der Waals surface area contributed by atoms with Gasteiger partial charge in [0, 0.05) is 16.8 Å². The van der Waals surface area contributed by atoms with Gasteiger partial charge in [-0.25, -0.2) is 0 Å². The first-order valence-corrected chi connectivity index (χ1v) is 5.32. The standard InChI is InChI=1S/C10H17NOS/c1-10(2,7-11-3)9(12)8-5-4-6-13-8/h4-6,9,11-12H,7H2,1-3H3. The lowest BCUT2D eigenvalue weighted by Gasteiger charge is -2.29. The van der Waals surface area contributed by atoms with Crippen molar-refractivity contribution in [2.24, 2.45) is 5.41 Å². The van der Waals surface area contributed by atoms with E-state index < -0.39 is 0 Å². The molecule has 0 aliphatic heterocycles. The van der Waals surface area contributed by atoms with Crippen molar-refractivity contribution in [2.75, 3.05) is 13.6 Å². The van der Waals surface area contributed by atoms with E-state index in [-0.39, 0.29) is 11.5 Å². The first-order chi connectivity index (χ1) is 6.08. The SMILES string of the molecule is CNCC(C)(C)C(O)c1cccs1. The van der Waals surface area contributed by atoms with Crippen molar-refractivity contribution < 1.29 is 5.11 Å². The summed E-state index contributed by atoms with van der Waals surface area (Å²) < 4.78 is 0. The Morgan fingerprint density at radius 3 is 2.77 bits per heavy atom. The van der Waals surface area contributed by atoms with Crippen LogP contribution in [-0.4, -0.2) is 18.7 Å². The third-order valence-electron chi connectivity index (χ3n) is 2.19. The maximum absolute atomic E-state index is 10.0. The lowest BCUT2D eigenvalue weighted by atomic mass is 9.85. The van der Waals surface area contributed by atoms with Gasteiger partial charge in [0.2, 0.25) is 0 Å². The summed E-state index contributed by atoms with van der Waals surface area (Å²) >= 11 is 1.61. The zero-order valence-corrected chi connectivity index (χ0v) is 9.19. The highest BCUT2D eigenvalue weighted by Crippen LogP contribution is 2.34. The van der Waals surface area contributed by atoms with Crippen LogP contribution in [0.25, 0.3) is 0 Å². The Balaban J connectivity index is 2.71. The van der Waals surface area contributed by atoms with E-state index in [4.69, 9.17) is 0 Å². The molecule has 1 unspecified atom stereocenters. The fourth-order valence-corrected chi connectivity index (χ4v) is 2.30. The normalized spacial score (nSPS) is 14.5. The average Bonchev–Trinajstić information content (AvgIpc) is 2.54. The van der Waals surface area contributed by atoms with E-state index in [1.165, 1.54) is 0 Å². The number of nitrogens with one attached hydrogen (secondary N) is 1. The molecule has 74 valence electrons. The largest absolute Gasteiger partial charge is 0.387 e. The average molecular weight is 199 g/mol. The minimum absolute atomic E-state index is 0.112. The smallest absolute Gasteiger partial charge is 0.0944 e. The Morgan fingerprint density at radius 1 is 1.62 bits per heavy atom. The van der Waals surface area contributed by atoms with Crippen LogP contribution in [0.3, 0.4) is 0 Å². The number of thiophene rings is 1. The minimum atomic E-state index is -0.375. The number of rotatable bonds is 4. The summed E-state index contributed by atoms with van der Waals surface area (Å²) in [5.74, 6) is 0. The number of hydrogen-bond donors (Lipinski definition) is 2. The predicted molar refractivity (Wildman–Crippen MR) is 57.0 cm³/mol. The summed E-state index contributed by atoms with van der Waals surface area (Å²) in [6, 6.07) is 3.95. The summed E-state index contributed by atoms with van der Waals surface area (Å²) in [5.41, 5.74) is -0.112. The van der Waals surface area contributed by atoms with Crippen LogP contribution < -0.4 is 5.32 Å². The van der Waals surface area contributed by atoms with Gasteiger partial charge in [-0.2, -0.15) is 0 Å². The molecule has 0 aliphatic carbocycles. The van der Waals surface area contributed by atoms with Gasteiger partial charge in [-0.3, -0.25) is 0 Å². The molecule has 2 nitrogen and oxygen atoms in total. The molecule has 0 saturated heterocycles. The highest BCUT2D eigenvalue weighted by Gasteiger charge is 2.28. The third-order valence-corrected chi connectivity index (χ3v) is 3.11. The van der Waals surface area contributed by atoms with Gasteiger partial charge >= 0.3 is 0 Å². The Bertz CT molecular complexity index is 243. The van der Waals surface area contributed by atoms with E-state index in [9.17, 15) is 5.11 Å². The first kappa shape index (κ1) is 10.7. The van der Waals surface area contributed by atoms with Gasteiger partial charge in [0.25, 0.3) is 0 Å². The van der Waals surface area contributed by atoms with Crippen LogP contribution in [0.15, 0.2) is 17.5 Å². The molecule has 1 aromatic rings. The monoisotopic (exact) mass is 199 g/mol. The second kappa shape index (κ2) is 4.22. The van der Waals surface area contributed by atoms with Crippen LogP contribution in [0.4, 0.5) is 0 Å². The third kappa shape index (κ3) is 2.53. The molecule has 1 atom stereocenters. The fourth-order valence-electron chi connectivity index (χ4n) is 1.38. The van der Waals surface area contributed by atoms with E-state index in [1.54, 1.807) is 11.3 Å². The van der Waals surface area contributed by atoms with Crippen molar-refractivity contribution in [3.8, 4) is 0 Å². The quantitative estimate of drug-likeness (QED) is 0.777. The molecule has 0 spiro atoms. The zero-order valence-electron chi connectivity index (χ0n) is 8.37. The van der Waals surface area contributed by atoms with Crippen molar-refractivity contribution >= 4 is 11.3 Å². The van der Waals surface area contributed by atoms with Gasteiger partial charge in [0.1, 0.15) is 0 Å². The fraction of sp³-hybridized carbons (Fsp3) is 0.600. The van der Waals surface area contributed by atoms with Crippen molar-refractivity contribution in [1.29, 1.82) is 0 Å². The molecule has 0 amide bonds. The van der Waals surface area contributed by atoms with E-state index in [0.717, 1.165) is 11.4 Å². The van der Waals surface area contributed by atoms with Crippen molar-refractivity contribution in [1.82, 2.24) is 5.32 Å². The molecule has 0 saturated carbocycles. The van der Waals surface area contributed by atoms with E-state index in [0.29, 0.717) is 0 Å². The van der Waals surface area contributed by atoms with E-state index in [2.05, 4.69) is 19.2 Å². The molecule has 0 fully saturated rings. The second-order valence-corrected chi connectivity index (χ2v) is 4.92. The highest BCUT2D eigenvalue weighted by atomic mass is 32.1. The van der Waals surface area contributed by atoms with Gasteiger partial charge in [0.05, 0.1) is 6.10 Å². The van der Waals surface area contributed by atoms with Crippen LogP contribution in [0.5, 0.6) is 0 Å². The van der Waals surface area contributed by atoms with Gasteiger partial charge < -0.3 is 10.4 Å². The number of aliphatic hydroxyl groups excluding tert-OH is 1. The van der Waals surface area contributed by atoms with E-state index in [1.807, 2.05) is 24.6 Å². The van der Waals surface area contributed by atoms with Crippen LogP contribution >= 0.6 is 11.3 Å². The van der Waals surface area contributed by atoms with Gasteiger partial charge in [-0.05, 0) is 18.5 Å². The first-order valence-electron chi connectivity index (χ1n) is 4.44. The minimum Gasteiger partial charge on any atom is -0.387 e. The molecule has 13 heavy (non-hydrogen) atoms. The molecular formula is C10H17NOS. The molecule has 0 radical (unpaired) electrons. The Morgan fingerprint density at radius 2 is 2.31 bits per heavy atom. The Labute approximate surface area is 83.6 Å². The van der Waals surface area contributed by atoms with Crippen LogP contribution in [0.2, 0.25) is 0 Å². The Kier molecular flexibility index (Phi) is 3.47. The molecule has 0 aromatic carbocycles. The summed E-state index contributed by atoms with van der Waals surface area (Å²) in [4.78, 5) is 1.04. The van der Waals surface area contributed by atoms with Gasteiger partial charge in [-0.1, -0.05) is 19.9 Å². The predicted octanol–water partition coefficient (Wildman–Crippen LogP) is 2.03. The number of hydrogen-bond acceptors (Lipinski definition) is 3.